The molecule has 0 unspecified atom stereocenters. The van der Waals surface area contributed by atoms with Crippen molar-refractivity contribution in [2.45, 2.75) is 20.0 Å². The number of nitrogens with one attached hydrogen (secondary N) is 1. The molecule has 13 heteroatoms. The number of benzene rings is 1. The number of para-hydroxylation sites is 1. The lowest BCUT2D eigenvalue weighted by Crippen LogP contribution is -2.42. The van der Waals surface area contributed by atoms with E-state index in [1.807, 2.05) is 4.57 Å². The zero-order chi connectivity index (χ0) is 25.7. The lowest BCUT2D eigenvalue weighted by Gasteiger charge is -2.27. The Balaban J connectivity index is 1.31. The maximum atomic E-state index is 13.4. The van der Waals surface area contributed by atoms with Gasteiger partial charge in [-0.1, -0.05) is 12.1 Å². The number of aromatic hydroxyl groups is 1. The van der Waals surface area contributed by atoms with Crippen molar-refractivity contribution in [2.75, 3.05) is 13.7 Å². The number of aromatic amines is 1. The van der Waals surface area contributed by atoms with Crippen LogP contribution in [0.25, 0.3) is 28.1 Å². The first-order valence-corrected chi connectivity index (χ1v) is 11.4. The second kappa shape index (κ2) is 8.55. The van der Waals surface area contributed by atoms with Crippen molar-refractivity contribution in [2.24, 2.45) is 0 Å². The molecule has 0 radical (unpaired) electrons. The van der Waals surface area contributed by atoms with E-state index >= 15 is 0 Å². The van der Waals surface area contributed by atoms with Crippen LogP contribution in [0, 0.1) is 6.92 Å². The fourth-order valence-electron chi connectivity index (χ4n) is 4.51. The molecule has 186 valence electrons. The monoisotopic (exact) mass is 499 g/mol. The lowest BCUT2D eigenvalue weighted by atomic mass is 10.1. The Morgan fingerprint density at radius 2 is 1.97 bits per heavy atom. The highest BCUT2D eigenvalue weighted by Gasteiger charge is 2.32. The van der Waals surface area contributed by atoms with Gasteiger partial charge in [-0.3, -0.25) is 9.59 Å². The molecule has 0 saturated carbocycles. The summed E-state index contributed by atoms with van der Waals surface area (Å²) in [5.74, 6) is 1.10. The molecule has 13 nitrogen and oxygen atoms in total. The predicted octanol–water partition coefficient (Wildman–Crippen LogP) is 1.65. The predicted molar refractivity (Wildman–Crippen MR) is 129 cm³/mol. The Kier molecular flexibility index (Phi) is 5.17. The number of phenolic OH excluding ortho intramolecular Hbond substituents is 1. The van der Waals surface area contributed by atoms with E-state index in [-0.39, 0.29) is 24.4 Å². The van der Waals surface area contributed by atoms with E-state index < -0.39 is 11.7 Å². The average Bonchev–Trinajstić information content (AvgIpc) is 3.65. The van der Waals surface area contributed by atoms with E-state index in [0.29, 0.717) is 52.1 Å². The van der Waals surface area contributed by atoms with Crippen molar-refractivity contribution in [3.05, 3.63) is 60.2 Å². The molecule has 5 aromatic rings. The minimum Gasteiger partial charge on any atom is -0.507 e. The number of pyridine rings is 1. The van der Waals surface area contributed by atoms with Crippen LogP contribution in [0.2, 0.25) is 0 Å². The van der Waals surface area contributed by atoms with E-state index in [2.05, 4.69) is 30.2 Å². The molecule has 0 aliphatic carbocycles. The molecule has 1 aliphatic rings. The maximum Gasteiger partial charge on any atom is 0.295 e. The van der Waals surface area contributed by atoms with Gasteiger partial charge in [0, 0.05) is 19.3 Å². The van der Waals surface area contributed by atoms with Gasteiger partial charge in [0.1, 0.15) is 23.7 Å². The number of carbonyl (C=O) groups excluding carboxylic acids is 2. The van der Waals surface area contributed by atoms with Crippen LogP contribution in [0.5, 0.6) is 11.5 Å². The quantitative estimate of drug-likeness (QED) is 0.271. The molecule has 4 aromatic heterocycles. The number of ketones is 1. The lowest BCUT2D eigenvalue weighted by molar-refractivity contribution is -0.127. The highest BCUT2D eigenvalue weighted by atomic mass is 16.5. The van der Waals surface area contributed by atoms with Crippen LogP contribution in [0.3, 0.4) is 0 Å². The van der Waals surface area contributed by atoms with E-state index in [9.17, 15) is 14.7 Å². The second-order valence-electron chi connectivity index (χ2n) is 8.50. The highest BCUT2D eigenvalue weighted by molar-refractivity contribution is 6.45. The van der Waals surface area contributed by atoms with Crippen LogP contribution < -0.4 is 4.74 Å². The number of phenols is 1. The van der Waals surface area contributed by atoms with Crippen molar-refractivity contribution in [1.29, 1.82) is 0 Å². The fourth-order valence-corrected chi connectivity index (χ4v) is 4.51. The molecule has 0 fully saturated rings. The molecule has 1 amide bonds. The minimum absolute atomic E-state index is 0.0922. The largest absolute Gasteiger partial charge is 0.507 e. The van der Waals surface area contributed by atoms with Gasteiger partial charge in [-0.05, 0) is 19.1 Å². The summed E-state index contributed by atoms with van der Waals surface area (Å²) in [7, 11) is 1.47. The number of H-pyrrole nitrogens is 1. The van der Waals surface area contributed by atoms with Crippen molar-refractivity contribution in [3.63, 3.8) is 0 Å². The van der Waals surface area contributed by atoms with Crippen LogP contribution in [-0.4, -0.2) is 74.8 Å². The second-order valence-corrected chi connectivity index (χ2v) is 8.50. The fraction of sp³-hybridized carbons (Fsp3) is 0.208. The number of rotatable bonds is 5. The third-order valence-corrected chi connectivity index (χ3v) is 6.32. The van der Waals surface area contributed by atoms with Gasteiger partial charge in [-0.2, -0.15) is 5.10 Å². The van der Waals surface area contributed by atoms with Crippen LogP contribution in [0.1, 0.15) is 22.0 Å². The number of nitrogens with zero attached hydrogens (tertiary/aromatic N) is 8. The average molecular weight is 499 g/mol. The van der Waals surface area contributed by atoms with Gasteiger partial charge in [0.2, 0.25) is 0 Å². The van der Waals surface area contributed by atoms with E-state index in [0.717, 1.165) is 0 Å². The Labute approximate surface area is 209 Å². The van der Waals surface area contributed by atoms with Gasteiger partial charge >= 0.3 is 0 Å². The van der Waals surface area contributed by atoms with Gasteiger partial charge in [0.25, 0.3) is 11.7 Å². The zero-order valence-corrected chi connectivity index (χ0v) is 19.9. The van der Waals surface area contributed by atoms with Crippen LogP contribution in [-0.2, 0) is 17.9 Å². The first kappa shape index (κ1) is 22.4. The van der Waals surface area contributed by atoms with E-state index in [4.69, 9.17) is 4.74 Å². The number of hydrogen-bond acceptors (Lipinski definition) is 9. The smallest absolute Gasteiger partial charge is 0.295 e. The summed E-state index contributed by atoms with van der Waals surface area (Å²) in [4.78, 5) is 39.8. The minimum atomic E-state index is -0.689. The van der Waals surface area contributed by atoms with Gasteiger partial charge in [0.15, 0.2) is 17.5 Å². The zero-order valence-electron chi connectivity index (χ0n) is 19.9. The number of amides is 1. The maximum absolute atomic E-state index is 13.4. The summed E-state index contributed by atoms with van der Waals surface area (Å²) in [5, 5.41) is 23.3. The summed E-state index contributed by atoms with van der Waals surface area (Å²) in [6.07, 6.45) is 4.48. The molecule has 0 spiro atoms. The van der Waals surface area contributed by atoms with Gasteiger partial charge in [0.05, 0.1) is 41.9 Å². The molecule has 2 N–H and O–H groups in total. The number of aryl methyl sites for hydroxylation is 1. The summed E-state index contributed by atoms with van der Waals surface area (Å²) < 4.78 is 8.78. The summed E-state index contributed by atoms with van der Waals surface area (Å²) >= 11 is 0. The Bertz CT molecular complexity index is 1680. The van der Waals surface area contributed by atoms with Gasteiger partial charge < -0.3 is 24.3 Å². The summed E-state index contributed by atoms with van der Waals surface area (Å²) in [5.41, 5.74) is 1.21. The molecule has 1 aromatic carbocycles. The van der Waals surface area contributed by atoms with Crippen molar-refractivity contribution in [1.82, 2.24) is 44.4 Å². The van der Waals surface area contributed by atoms with Crippen molar-refractivity contribution < 1.29 is 19.4 Å². The molecule has 5 heterocycles. The third-order valence-electron chi connectivity index (χ3n) is 6.32. The van der Waals surface area contributed by atoms with Crippen molar-refractivity contribution >= 4 is 22.6 Å². The van der Waals surface area contributed by atoms with Gasteiger partial charge in [-0.25, -0.2) is 14.6 Å². The SMILES string of the molecule is COc1cnc(-n2cnc(C)n2)c2[nH]cc(C(=O)C(=O)N3CCn4c(nnc4-c4ccccc4O)C3)c12. The molecule has 0 bridgehead atoms. The molecular weight excluding hydrogens is 478 g/mol. The topological polar surface area (TPSA) is 157 Å². The molecule has 37 heavy (non-hydrogen) atoms. The number of methoxy groups -OCH3 is 1. The number of carbonyl (C=O) groups is 2. The van der Waals surface area contributed by atoms with E-state index in [1.165, 1.54) is 35.4 Å². The normalized spacial score (nSPS) is 13.1. The number of aromatic nitrogens is 8. The number of fused-ring (bicyclic) bond motifs is 2. The third kappa shape index (κ3) is 3.59. The van der Waals surface area contributed by atoms with Gasteiger partial charge in [-0.15, -0.1) is 10.2 Å². The van der Waals surface area contributed by atoms with E-state index in [1.54, 1.807) is 31.2 Å². The molecular formula is C24H21N9O4. The molecule has 0 atom stereocenters. The van der Waals surface area contributed by atoms with Crippen LogP contribution in [0.15, 0.2) is 43.0 Å². The molecule has 6 rings (SSSR count). The Morgan fingerprint density at radius 1 is 1.14 bits per heavy atom. The first-order valence-electron chi connectivity index (χ1n) is 11.4. The number of ether oxygens (including phenoxy) is 1. The van der Waals surface area contributed by atoms with Crippen LogP contribution >= 0.6 is 0 Å². The highest BCUT2D eigenvalue weighted by Crippen LogP contribution is 2.33. The standard InChI is InChI=1S/C24H21N9O4/c1-13-27-12-33(30-13)23-20-19(17(37-2)10-26-23)15(9-25-20)21(35)24(36)31-7-8-32-18(11-31)28-29-22(32)14-5-3-4-6-16(14)34/h3-6,9-10,12,25,34H,7-8,11H2,1-2H3. The van der Waals surface area contributed by atoms with Crippen LogP contribution in [0.4, 0.5) is 0 Å². The summed E-state index contributed by atoms with van der Waals surface area (Å²) in [6, 6.07) is 6.86. The summed E-state index contributed by atoms with van der Waals surface area (Å²) in [6.45, 7) is 2.52. The Hall–Kier alpha value is -5.07. The first-order chi connectivity index (χ1) is 18.0. The van der Waals surface area contributed by atoms with Crippen molar-refractivity contribution in [3.8, 4) is 28.7 Å². The Morgan fingerprint density at radius 3 is 2.73 bits per heavy atom. The number of Topliss-reactive ketones (excluding diaryl/α,β-unsaturated/α-hetero) is 1. The molecule has 0 saturated heterocycles. The number of hydrogen-bond donors (Lipinski definition) is 2. The molecule has 1 aliphatic heterocycles.